The van der Waals surface area contributed by atoms with Crippen LogP contribution < -0.4 is 4.90 Å². The van der Waals surface area contributed by atoms with Gasteiger partial charge in [0, 0.05) is 23.2 Å². The van der Waals surface area contributed by atoms with E-state index in [9.17, 15) is 4.79 Å². The summed E-state index contributed by atoms with van der Waals surface area (Å²) in [6.07, 6.45) is 0.898. The fourth-order valence-electron chi connectivity index (χ4n) is 1.72. The van der Waals surface area contributed by atoms with Crippen molar-refractivity contribution in [2.24, 2.45) is 0 Å². The van der Waals surface area contributed by atoms with E-state index < -0.39 is 0 Å². The van der Waals surface area contributed by atoms with Gasteiger partial charge < -0.3 is 9.64 Å². The van der Waals surface area contributed by atoms with E-state index >= 15 is 0 Å². The highest BCUT2D eigenvalue weighted by Gasteiger charge is 2.15. The van der Waals surface area contributed by atoms with Crippen molar-refractivity contribution in [1.82, 2.24) is 0 Å². The number of hydrogen-bond donors (Lipinski definition) is 0. The first kappa shape index (κ1) is 10.6. The third-order valence-electron chi connectivity index (χ3n) is 2.50. The Morgan fingerprint density at radius 2 is 2.07 bits per heavy atom. The first-order chi connectivity index (χ1) is 7.33. The lowest BCUT2D eigenvalue weighted by Gasteiger charge is -2.30. The Kier molecular flexibility index (Phi) is 3.38. The van der Waals surface area contributed by atoms with Crippen LogP contribution in [0.3, 0.4) is 0 Å². The minimum absolute atomic E-state index is 0.722. The Morgan fingerprint density at radius 1 is 1.33 bits per heavy atom. The molecule has 1 fully saturated rings. The van der Waals surface area contributed by atoms with E-state index in [1.165, 1.54) is 0 Å². The first-order valence-electron chi connectivity index (χ1n) is 4.89. The highest BCUT2D eigenvalue weighted by Crippen LogP contribution is 2.26. The summed E-state index contributed by atoms with van der Waals surface area (Å²) in [6.45, 7) is 3.14. The molecule has 0 saturated carbocycles. The fraction of sp³-hybridized carbons (Fsp3) is 0.364. The smallest absolute Gasteiger partial charge is 0.153 e. The van der Waals surface area contributed by atoms with Gasteiger partial charge in [0.15, 0.2) is 6.29 Å². The van der Waals surface area contributed by atoms with Gasteiger partial charge in [-0.2, -0.15) is 0 Å². The van der Waals surface area contributed by atoms with Gasteiger partial charge in [0.05, 0.1) is 18.8 Å². The van der Waals surface area contributed by atoms with Crippen molar-refractivity contribution in [2.45, 2.75) is 0 Å². The summed E-state index contributed by atoms with van der Waals surface area (Å²) in [5, 5.41) is 0. The maximum atomic E-state index is 11.0. The van der Waals surface area contributed by atoms with E-state index in [-0.39, 0.29) is 0 Å². The van der Waals surface area contributed by atoms with Crippen LogP contribution in [0.15, 0.2) is 22.7 Å². The molecule has 1 aromatic rings. The zero-order valence-corrected chi connectivity index (χ0v) is 9.87. The number of aldehydes is 1. The molecule has 1 aromatic carbocycles. The molecule has 3 nitrogen and oxygen atoms in total. The van der Waals surface area contributed by atoms with Crippen molar-refractivity contribution in [3.63, 3.8) is 0 Å². The molecule has 1 heterocycles. The molecule has 0 spiro atoms. The molecular weight excluding hydrogens is 258 g/mol. The van der Waals surface area contributed by atoms with Crippen LogP contribution in [-0.4, -0.2) is 32.6 Å². The molecule has 1 aliphatic rings. The van der Waals surface area contributed by atoms with E-state index in [0.29, 0.717) is 0 Å². The number of anilines is 1. The van der Waals surface area contributed by atoms with Gasteiger partial charge in [-0.05, 0) is 28.1 Å². The number of hydrogen-bond acceptors (Lipinski definition) is 3. The van der Waals surface area contributed by atoms with Gasteiger partial charge in [-0.3, -0.25) is 4.79 Å². The van der Waals surface area contributed by atoms with Crippen LogP contribution in [0.25, 0.3) is 0 Å². The van der Waals surface area contributed by atoms with Crippen molar-refractivity contribution in [3.05, 3.63) is 28.2 Å². The second-order valence-electron chi connectivity index (χ2n) is 3.39. The molecule has 0 unspecified atom stereocenters. The Balaban J connectivity index is 2.33. The Hall–Kier alpha value is -0.870. The minimum Gasteiger partial charge on any atom is -0.378 e. The molecule has 0 N–H and O–H groups in total. The average molecular weight is 270 g/mol. The van der Waals surface area contributed by atoms with Crippen molar-refractivity contribution < 1.29 is 9.53 Å². The molecule has 0 bridgehead atoms. The van der Waals surface area contributed by atoms with Crippen molar-refractivity contribution in [1.29, 1.82) is 0 Å². The number of benzene rings is 1. The second-order valence-corrected chi connectivity index (χ2v) is 4.24. The van der Waals surface area contributed by atoms with Gasteiger partial charge >= 0.3 is 0 Å². The summed E-state index contributed by atoms with van der Waals surface area (Å²) >= 11 is 3.38. The SMILES string of the molecule is O=Cc1c(Br)cccc1N1CCOCC1. The van der Waals surface area contributed by atoms with Crippen LogP contribution in [0.5, 0.6) is 0 Å². The van der Waals surface area contributed by atoms with Gasteiger partial charge in [0.1, 0.15) is 0 Å². The van der Waals surface area contributed by atoms with Gasteiger partial charge in [-0.1, -0.05) is 6.07 Å². The number of ether oxygens (including phenoxy) is 1. The second kappa shape index (κ2) is 4.77. The van der Waals surface area contributed by atoms with Crippen molar-refractivity contribution >= 4 is 27.9 Å². The molecule has 0 atom stereocenters. The van der Waals surface area contributed by atoms with Crippen LogP contribution in [0.4, 0.5) is 5.69 Å². The highest BCUT2D eigenvalue weighted by atomic mass is 79.9. The number of carbonyl (C=O) groups excluding carboxylic acids is 1. The normalized spacial score (nSPS) is 16.5. The van der Waals surface area contributed by atoms with Crippen molar-refractivity contribution in [3.8, 4) is 0 Å². The third-order valence-corrected chi connectivity index (χ3v) is 3.19. The monoisotopic (exact) mass is 269 g/mol. The number of nitrogens with zero attached hydrogens (tertiary/aromatic N) is 1. The lowest BCUT2D eigenvalue weighted by Crippen LogP contribution is -2.36. The summed E-state index contributed by atoms with van der Waals surface area (Å²) < 4.78 is 6.13. The zero-order valence-electron chi connectivity index (χ0n) is 8.28. The Bertz CT molecular complexity index is 362. The largest absolute Gasteiger partial charge is 0.378 e. The molecule has 0 aromatic heterocycles. The van der Waals surface area contributed by atoms with Crippen LogP contribution in [0, 0.1) is 0 Å². The highest BCUT2D eigenvalue weighted by molar-refractivity contribution is 9.10. The Labute approximate surface area is 97.2 Å². The van der Waals surface area contributed by atoms with E-state index in [2.05, 4.69) is 20.8 Å². The number of halogens is 1. The third kappa shape index (κ3) is 2.21. The number of carbonyl (C=O) groups is 1. The molecule has 80 valence electrons. The molecule has 15 heavy (non-hydrogen) atoms. The average Bonchev–Trinajstić information content (AvgIpc) is 2.30. The van der Waals surface area contributed by atoms with E-state index in [1.807, 2.05) is 18.2 Å². The molecular formula is C11H12BrNO2. The minimum atomic E-state index is 0.722. The lowest BCUT2D eigenvalue weighted by molar-refractivity contribution is 0.111. The van der Waals surface area contributed by atoms with Crippen LogP contribution in [0.2, 0.25) is 0 Å². The summed E-state index contributed by atoms with van der Waals surface area (Å²) in [7, 11) is 0. The quantitative estimate of drug-likeness (QED) is 0.771. The van der Waals surface area contributed by atoms with Gasteiger partial charge in [0.2, 0.25) is 0 Å². The summed E-state index contributed by atoms with van der Waals surface area (Å²) in [5.41, 5.74) is 1.71. The summed E-state index contributed by atoms with van der Waals surface area (Å²) in [4.78, 5) is 13.2. The standard InChI is InChI=1S/C11H12BrNO2/c12-10-2-1-3-11(9(10)8-14)13-4-6-15-7-5-13/h1-3,8H,4-7H2. The molecule has 0 amide bonds. The summed E-state index contributed by atoms with van der Waals surface area (Å²) in [6, 6.07) is 5.80. The van der Waals surface area contributed by atoms with E-state index in [1.54, 1.807) is 0 Å². The predicted molar refractivity (Wildman–Crippen MR) is 62.6 cm³/mol. The van der Waals surface area contributed by atoms with Crippen LogP contribution in [0.1, 0.15) is 10.4 Å². The number of morpholine rings is 1. The van der Waals surface area contributed by atoms with Crippen molar-refractivity contribution in [2.75, 3.05) is 31.2 Å². The van der Waals surface area contributed by atoms with E-state index in [4.69, 9.17) is 4.74 Å². The molecule has 1 aliphatic heterocycles. The maximum absolute atomic E-state index is 11.0. The zero-order chi connectivity index (χ0) is 10.7. The molecule has 2 rings (SSSR count). The molecule has 0 aliphatic carbocycles. The molecule has 0 radical (unpaired) electrons. The molecule has 1 saturated heterocycles. The number of rotatable bonds is 2. The summed E-state index contributed by atoms with van der Waals surface area (Å²) in [5.74, 6) is 0. The van der Waals surface area contributed by atoms with Crippen LogP contribution in [-0.2, 0) is 4.74 Å². The topological polar surface area (TPSA) is 29.5 Å². The fourth-order valence-corrected chi connectivity index (χ4v) is 2.17. The first-order valence-corrected chi connectivity index (χ1v) is 5.68. The Morgan fingerprint density at radius 3 is 2.73 bits per heavy atom. The van der Waals surface area contributed by atoms with E-state index in [0.717, 1.165) is 48.3 Å². The van der Waals surface area contributed by atoms with Gasteiger partial charge in [-0.15, -0.1) is 0 Å². The lowest BCUT2D eigenvalue weighted by atomic mass is 10.1. The predicted octanol–water partition coefficient (Wildman–Crippen LogP) is 2.10. The van der Waals surface area contributed by atoms with Gasteiger partial charge in [-0.25, -0.2) is 0 Å². The molecule has 4 heteroatoms. The maximum Gasteiger partial charge on any atom is 0.153 e. The van der Waals surface area contributed by atoms with Crippen LogP contribution >= 0.6 is 15.9 Å². The van der Waals surface area contributed by atoms with Gasteiger partial charge in [0.25, 0.3) is 0 Å².